The maximum Gasteiger partial charge on any atom is 0.341 e. The van der Waals surface area contributed by atoms with Crippen molar-refractivity contribution in [3.8, 4) is 0 Å². The van der Waals surface area contributed by atoms with Gasteiger partial charge in [0.2, 0.25) is 10.0 Å². The van der Waals surface area contributed by atoms with E-state index in [1.165, 1.54) is 31.3 Å². The van der Waals surface area contributed by atoms with E-state index in [9.17, 15) is 22.4 Å². The van der Waals surface area contributed by atoms with E-state index in [1.807, 2.05) is 0 Å². The van der Waals surface area contributed by atoms with Crippen LogP contribution in [-0.2, 0) is 14.8 Å². The van der Waals surface area contributed by atoms with Gasteiger partial charge in [0.05, 0.1) is 10.5 Å². The quantitative estimate of drug-likeness (QED) is 0.609. The summed E-state index contributed by atoms with van der Waals surface area (Å²) in [6.45, 7) is -0.622. The summed E-state index contributed by atoms with van der Waals surface area (Å²) in [5.41, 5.74) is -0.315. The Morgan fingerprint density at radius 1 is 1.16 bits per heavy atom. The number of hydrogen-bond acceptors (Lipinski definition) is 5. The molecule has 0 aliphatic heterocycles. The van der Waals surface area contributed by atoms with E-state index in [1.54, 1.807) is 0 Å². The summed E-state index contributed by atoms with van der Waals surface area (Å²) in [5.74, 6) is -2.61. The predicted molar refractivity (Wildman–Crippen MR) is 88.7 cm³/mol. The second-order valence-electron chi connectivity index (χ2n) is 4.86. The summed E-state index contributed by atoms with van der Waals surface area (Å²) in [4.78, 5) is 23.6. The highest BCUT2D eigenvalue weighted by Crippen LogP contribution is 2.16. The van der Waals surface area contributed by atoms with Gasteiger partial charge in [0, 0.05) is 10.6 Å². The molecule has 1 N–H and O–H groups in total. The average Bonchev–Trinajstić information content (AvgIpc) is 2.60. The first-order valence-electron chi connectivity index (χ1n) is 6.93. The van der Waals surface area contributed by atoms with Gasteiger partial charge in [0.1, 0.15) is 5.82 Å². The predicted octanol–water partition coefficient (Wildman–Crippen LogP) is 2.43. The summed E-state index contributed by atoms with van der Waals surface area (Å²) in [7, 11) is -2.67. The first-order valence-corrected chi connectivity index (χ1v) is 8.79. The Hall–Kier alpha value is -2.29. The number of nitrogens with one attached hydrogen (secondary N) is 1. The van der Waals surface area contributed by atoms with E-state index >= 15 is 0 Å². The number of ether oxygens (including phenoxy) is 1. The molecule has 0 atom stereocenters. The Morgan fingerprint density at radius 2 is 1.80 bits per heavy atom. The molecule has 0 heterocycles. The highest BCUT2D eigenvalue weighted by atomic mass is 35.5. The van der Waals surface area contributed by atoms with Crippen LogP contribution in [0.1, 0.15) is 20.7 Å². The molecule has 25 heavy (non-hydrogen) atoms. The summed E-state index contributed by atoms with van der Waals surface area (Å²) in [5, 5.41) is 0.443. The number of sulfonamides is 1. The average molecular weight is 386 g/mol. The fourth-order valence-electron chi connectivity index (χ4n) is 1.87. The van der Waals surface area contributed by atoms with Gasteiger partial charge < -0.3 is 4.74 Å². The summed E-state index contributed by atoms with van der Waals surface area (Å²) in [6.07, 6.45) is 0. The van der Waals surface area contributed by atoms with Gasteiger partial charge in [-0.1, -0.05) is 11.6 Å². The molecular weight excluding hydrogens is 373 g/mol. The van der Waals surface area contributed by atoms with Crippen LogP contribution >= 0.6 is 11.6 Å². The topological polar surface area (TPSA) is 89.5 Å². The Morgan fingerprint density at radius 3 is 2.40 bits per heavy atom. The van der Waals surface area contributed by atoms with Gasteiger partial charge in [0.15, 0.2) is 12.4 Å². The van der Waals surface area contributed by atoms with Crippen LogP contribution in [0.2, 0.25) is 5.02 Å². The smallest absolute Gasteiger partial charge is 0.341 e. The van der Waals surface area contributed by atoms with Crippen molar-refractivity contribution in [1.82, 2.24) is 4.72 Å². The highest BCUT2D eigenvalue weighted by Gasteiger charge is 2.20. The third-order valence-electron chi connectivity index (χ3n) is 3.24. The second kappa shape index (κ2) is 7.73. The number of carbonyl (C=O) groups is 2. The number of hydrogen-bond donors (Lipinski definition) is 1. The molecule has 0 aromatic heterocycles. The summed E-state index contributed by atoms with van der Waals surface area (Å²) < 4.78 is 44.1. The zero-order valence-corrected chi connectivity index (χ0v) is 14.5. The fraction of sp³-hybridized carbons (Fsp3) is 0.125. The third-order valence-corrected chi connectivity index (χ3v) is 4.90. The molecule has 0 unspecified atom stereocenters. The van der Waals surface area contributed by atoms with Gasteiger partial charge in [-0.2, -0.15) is 0 Å². The Balaban J connectivity index is 2.14. The molecule has 0 saturated carbocycles. The third kappa shape index (κ3) is 4.62. The lowest BCUT2D eigenvalue weighted by Gasteiger charge is -2.08. The van der Waals surface area contributed by atoms with Crippen LogP contribution in [0.15, 0.2) is 47.4 Å². The van der Waals surface area contributed by atoms with E-state index in [-0.39, 0.29) is 10.5 Å². The van der Waals surface area contributed by atoms with E-state index in [4.69, 9.17) is 16.3 Å². The van der Waals surface area contributed by atoms with Crippen LogP contribution in [-0.4, -0.2) is 33.8 Å². The monoisotopic (exact) mass is 385 g/mol. The number of halogens is 2. The maximum absolute atomic E-state index is 13.8. The van der Waals surface area contributed by atoms with E-state index in [0.717, 1.165) is 18.2 Å². The first kappa shape index (κ1) is 19.0. The molecule has 6 nitrogen and oxygen atoms in total. The molecule has 132 valence electrons. The van der Waals surface area contributed by atoms with E-state index < -0.39 is 39.8 Å². The van der Waals surface area contributed by atoms with Crippen molar-refractivity contribution in [3.05, 3.63) is 64.4 Å². The molecular formula is C16H13ClFNO5S. The molecule has 0 spiro atoms. The van der Waals surface area contributed by atoms with Gasteiger partial charge in [0.25, 0.3) is 0 Å². The normalized spacial score (nSPS) is 11.2. The van der Waals surface area contributed by atoms with Crippen molar-refractivity contribution in [2.24, 2.45) is 0 Å². The molecule has 0 amide bonds. The van der Waals surface area contributed by atoms with Gasteiger partial charge in [-0.25, -0.2) is 22.3 Å². The second-order valence-corrected chi connectivity index (χ2v) is 7.18. The molecule has 9 heteroatoms. The largest absolute Gasteiger partial charge is 0.454 e. The number of benzene rings is 2. The number of esters is 1. The van der Waals surface area contributed by atoms with Crippen LogP contribution in [0.25, 0.3) is 0 Å². The van der Waals surface area contributed by atoms with Gasteiger partial charge in [-0.15, -0.1) is 0 Å². The van der Waals surface area contributed by atoms with Gasteiger partial charge >= 0.3 is 5.97 Å². The Bertz CT molecular complexity index is 913. The number of rotatable bonds is 6. The highest BCUT2D eigenvalue weighted by molar-refractivity contribution is 7.89. The fourth-order valence-corrected chi connectivity index (χ4v) is 2.76. The van der Waals surface area contributed by atoms with Crippen molar-refractivity contribution in [2.45, 2.75) is 4.90 Å². The molecule has 2 rings (SSSR count). The SMILES string of the molecule is CNS(=O)(=O)c1ccc(F)c(C(=O)OCC(=O)c2ccc(Cl)cc2)c1. The molecule has 0 bridgehead atoms. The van der Waals surface area contributed by atoms with E-state index in [0.29, 0.717) is 5.02 Å². The summed E-state index contributed by atoms with van der Waals surface area (Å²) >= 11 is 5.71. The number of ketones is 1. The molecule has 0 radical (unpaired) electrons. The standard InChI is InChI=1S/C16H13ClFNO5S/c1-19-25(22,23)12-6-7-14(18)13(8-12)16(21)24-9-15(20)10-2-4-11(17)5-3-10/h2-8,19H,9H2,1H3. The molecule has 0 saturated heterocycles. The zero-order valence-electron chi connectivity index (χ0n) is 13.0. The molecule has 0 aliphatic rings. The number of carbonyl (C=O) groups excluding carboxylic acids is 2. The Labute approximate surface area is 148 Å². The van der Waals surface area contributed by atoms with Crippen LogP contribution in [0.3, 0.4) is 0 Å². The molecule has 2 aromatic rings. The minimum Gasteiger partial charge on any atom is -0.454 e. The molecule has 2 aromatic carbocycles. The van der Waals surface area contributed by atoms with Gasteiger partial charge in [-0.05, 0) is 49.5 Å². The van der Waals surface area contributed by atoms with Crippen molar-refractivity contribution < 1.29 is 27.1 Å². The lowest BCUT2D eigenvalue weighted by atomic mass is 10.1. The Kier molecular flexibility index (Phi) is 5.89. The maximum atomic E-state index is 13.8. The van der Waals surface area contributed by atoms with E-state index in [2.05, 4.69) is 4.72 Å². The minimum absolute atomic E-state index is 0.268. The van der Waals surface area contributed by atoms with Crippen LogP contribution in [0.5, 0.6) is 0 Å². The van der Waals surface area contributed by atoms with Crippen molar-refractivity contribution in [1.29, 1.82) is 0 Å². The van der Waals surface area contributed by atoms with Crippen molar-refractivity contribution in [3.63, 3.8) is 0 Å². The van der Waals surface area contributed by atoms with Crippen molar-refractivity contribution in [2.75, 3.05) is 13.7 Å². The summed E-state index contributed by atoms with van der Waals surface area (Å²) in [6, 6.07) is 8.61. The van der Waals surface area contributed by atoms with Crippen LogP contribution < -0.4 is 4.72 Å². The van der Waals surface area contributed by atoms with Crippen LogP contribution in [0.4, 0.5) is 4.39 Å². The first-order chi connectivity index (χ1) is 11.7. The zero-order chi connectivity index (χ0) is 18.6. The minimum atomic E-state index is -3.85. The molecule has 0 aliphatic carbocycles. The molecule has 0 fully saturated rings. The lowest BCUT2D eigenvalue weighted by molar-refractivity contribution is 0.0470. The number of Topliss-reactive ketones (excluding diaryl/α,β-unsaturated/α-hetero) is 1. The lowest BCUT2D eigenvalue weighted by Crippen LogP contribution is -2.20. The van der Waals surface area contributed by atoms with Crippen LogP contribution in [0, 0.1) is 5.82 Å². The van der Waals surface area contributed by atoms with Gasteiger partial charge in [-0.3, -0.25) is 4.79 Å². The van der Waals surface area contributed by atoms with Crippen molar-refractivity contribution >= 4 is 33.4 Å².